The summed E-state index contributed by atoms with van der Waals surface area (Å²) in [5.41, 5.74) is 4.00. The summed E-state index contributed by atoms with van der Waals surface area (Å²) in [6.45, 7) is 7.39. The zero-order chi connectivity index (χ0) is 42.3. The molecule has 1 saturated carbocycles. The van der Waals surface area contributed by atoms with Crippen LogP contribution in [0, 0.1) is 23.6 Å². The number of aliphatic hydroxyl groups is 2. The molecular weight excluding hydrogens is 768 g/mol. The van der Waals surface area contributed by atoms with Crippen molar-refractivity contribution >= 4 is 11.8 Å². The molecule has 1 heterocycles. The van der Waals surface area contributed by atoms with Crippen LogP contribution >= 0.6 is 0 Å². The molecule has 0 spiro atoms. The van der Waals surface area contributed by atoms with E-state index in [2.05, 4.69) is 17.8 Å². The summed E-state index contributed by atoms with van der Waals surface area (Å²) in [7, 11) is 1.52. The smallest absolute Gasteiger partial charge is 0.410 e. The van der Waals surface area contributed by atoms with Crippen LogP contribution in [-0.2, 0) is 32.3 Å². The lowest BCUT2D eigenvalue weighted by atomic mass is 9.55. The number of oxime groups is 1. The standard InChI is InChI=1S/C48H61FN2O9/c1-4-23-51(47(54)57-28-27-56-32-34-15-7-6-8-16-34)44-31-42(50-55-3)39-29-35(17-11-13-24-52)38(19-12-14-25-53)45-40-30-37(58-33-36-18-9-10-20-41(36)49)21-22-43(40)60-48(44,46(39)45)59-26-5-2/h5-10,15-16,18,20-22,29-30,35,38,44-46,52-53H,2,4,11-14,17,19,23-28,31-33H2,1,3H3. The van der Waals surface area contributed by atoms with Gasteiger partial charge in [0.2, 0.25) is 5.79 Å². The topological polar surface area (TPSA) is 129 Å². The highest BCUT2D eigenvalue weighted by molar-refractivity contribution is 6.02. The van der Waals surface area contributed by atoms with Gasteiger partial charge in [-0.3, -0.25) is 4.90 Å². The monoisotopic (exact) mass is 828 g/mol. The van der Waals surface area contributed by atoms with Gasteiger partial charge in [-0.1, -0.05) is 85.6 Å². The number of carbonyl (C=O) groups excluding carboxylic acids is 1. The number of hydrogen-bond acceptors (Lipinski definition) is 10. The van der Waals surface area contributed by atoms with E-state index in [1.807, 2.05) is 55.5 Å². The van der Waals surface area contributed by atoms with Gasteiger partial charge in [0.15, 0.2) is 0 Å². The third-order valence-electron chi connectivity index (χ3n) is 11.8. The molecule has 3 aliphatic rings. The molecule has 0 aromatic heterocycles. The van der Waals surface area contributed by atoms with E-state index in [0.717, 1.165) is 42.4 Å². The third-order valence-corrected chi connectivity index (χ3v) is 11.8. The number of hydrogen-bond donors (Lipinski definition) is 2. The van der Waals surface area contributed by atoms with Gasteiger partial charge in [-0.05, 0) is 79.3 Å². The Bertz CT molecular complexity index is 1910. The van der Waals surface area contributed by atoms with E-state index in [-0.39, 0.29) is 69.6 Å². The maximum absolute atomic E-state index is 14.7. The predicted octanol–water partition coefficient (Wildman–Crippen LogP) is 8.73. The Labute approximate surface area is 353 Å². The summed E-state index contributed by atoms with van der Waals surface area (Å²) in [5.74, 6) is -1.20. The second-order valence-corrected chi connectivity index (χ2v) is 15.7. The number of ether oxygens (including phenoxy) is 5. The van der Waals surface area contributed by atoms with Crippen molar-refractivity contribution in [1.82, 2.24) is 4.90 Å². The molecule has 12 heteroatoms. The van der Waals surface area contributed by atoms with Gasteiger partial charge in [0, 0.05) is 43.2 Å². The maximum atomic E-state index is 14.7. The first-order valence-corrected chi connectivity index (χ1v) is 21.4. The van der Waals surface area contributed by atoms with Gasteiger partial charge in [-0.2, -0.15) is 0 Å². The van der Waals surface area contributed by atoms with Crippen LogP contribution in [0.4, 0.5) is 9.18 Å². The number of halogens is 1. The van der Waals surface area contributed by atoms with Crippen molar-refractivity contribution < 1.29 is 47.9 Å². The van der Waals surface area contributed by atoms with E-state index in [9.17, 15) is 19.4 Å². The van der Waals surface area contributed by atoms with E-state index in [1.165, 1.54) is 13.2 Å². The van der Waals surface area contributed by atoms with Crippen molar-refractivity contribution in [3.8, 4) is 11.5 Å². The molecule has 3 aromatic carbocycles. The van der Waals surface area contributed by atoms with Crippen LogP contribution in [-0.4, -0.2) is 85.4 Å². The van der Waals surface area contributed by atoms with Gasteiger partial charge in [0.05, 0.1) is 31.5 Å². The van der Waals surface area contributed by atoms with Crippen molar-refractivity contribution in [3.05, 3.63) is 120 Å². The molecule has 1 fully saturated rings. The Morgan fingerprint density at radius 2 is 1.77 bits per heavy atom. The lowest BCUT2D eigenvalue weighted by Crippen LogP contribution is -2.70. The van der Waals surface area contributed by atoms with Gasteiger partial charge in [0.25, 0.3) is 0 Å². The third kappa shape index (κ3) is 10.4. The molecule has 3 aromatic rings. The number of amides is 1. The highest BCUT2D eigenvalue weighted by Gasteiger charge is 2.65. The Balaban J connectivity index is 1.44. The quantitative estimate of drug-likeness (QED) is 0.0548. The molecule has 0 saturated heterocycles. The van der Waals surface area contributed by atoms with E-state index in [0.29, 0.717) is 55.2 Å². The van der Waals surface area contributed by atoms with Gasteiger partial charge < -0.3 is 38.7 Å². The summed E-state index contributed by atoms with van der Waals surface area (Å²) in [6.07, 6.45) is 8.89. The number of nitrogens with zero attached hydrogens (tertiary/aromatic N) is 2. The summed E-state index contributed by atoms with van der Waals surface area (Å²) in [6, 6.07) is 21.4. The minimum Gasteiger partial charge on any atom is -0.489 e. The molecule has 1 aliphatic heterocycles. The van der Waals surface area contributed by atoms with Crippen LogP contribution in [0.1, 0.15) is 80.9 Å². The summed E-state index contributed by atoms with van der Waals surface area (Å²) >= 11 is 0. The second kappa shape index (κ2) is 22.2. The predicted molar refractivity (Wildman–Crippen MR) is 227 cm³/mol. The first kappa shape index (κ1) is 44.8. The molecule has 11 nitrogen and oxygen atoms in total. The Morgan fingerprint density at radius 1 is 1.00 bits per heavy atom. The summed E-state index contributed by atoms with van der Waals surface area (Å²) in [4.78, 5) is 21.6. The van der Waals surface area contributed by atoms with Gasteiger partial charge in [-0.15, -0.1) is 6.58 Å². The second-order valence-electron chi connectivity index (χ2n) is 15.7. The fourth-order valence-electron chi connectivity index (χ4n) is 9.28. The van der Waals surface area contributed by atoms with Crippen LogP contribution in [0.2, 0.25) is 0 Å². The lowest BCUT2D eigenvalue weighted by Gasteiger charge is -2.59. The van der Waals surface area contributed by atoms with Crippen LogP contribution in [0.3, 0.4) is 0 Å². The van der Waals surface area contributed by atoms with Gasteiger partial charge >= 0.3 is 6.09 Å². The van der Waals surface area contributed by atoms with Crippen molar-refractivity contribution in [2.45, 2.75) is 89.3 Å². The zero-order valence-corrected chi connectivity index (χ0v) is 35.0. The molecule has 60 heavy (non-hydrogen) atoms. The lowest BCUT2D eigenvalue weighted by molar-refractivity contribution is -0.255. The van der Waals surface area contributed by atoms with Crippen LogP contribution in [0.15, 0.2) is 102 Å². The molecule has 1 amide bonds. The minimum atomic E-state index is -1.41. The highest BCUT2D eigenvalue weighted by atomic mass is 19.1. The first-order chi connectivity index (χ1) is 29.4. The Morgan fingerprint density at radius 3 is 2.50 bits per heavy atom. The average molecular weight is 829 g/mol. The summed E-state index contributed by atoms with van der Waals surface area (Å²) in [5, 5.41) is 24.3. The molecule has 6 rings (SSSR count). The molecule has 324 valence electrons. The Kier molecular flexibility index (Phi) is 16.6. The van der Waals surface area contributed by atoms with Crippen molar-refractivity contribution in [2.75, 3.05) is 46.7 Å². The van der Waals surface area contributed by atoms with Gasteiger partial charge in [0.1, 0.15) is 43.7 Å². The number of benzene rings is 3. The highest BCUT2D eigenvalue weighted by Crippen LogP contribution is 2.62. The number of allylic oxidation sites excluding steroid dienone is 1. The van der Waals surface area contributed by atoms with E-state index in [1.54, 1.807) is 29.2 Å². The average Bonchev–Trinajstić information content (AvgIpc) is 3.26. The number of aliphatic hydroxyl groups excluding tert-OH is 2. The molecule has 2 N–H and O–H groups in total. The number of fused-ring (bicyclic) bond motifs is 2. The molecular formula is C48H61FN2O9. The maximum Gasteiger partial charge on any atom is 0.410 e. The molecule has 2 aliphatic carbocycles. The number of rotatable bonds is 23. The zero-order valence-electron chi connectivity index (χ0n) is 35.0. The van der Waals surface area contributed by atoms with Crippen LogP contribution in [0.5, 0.6) is 11.5 Å². The number of carbonyl (C=O) groups is 1. The van der Waals surface area contributed by atoms with Crippen molar-refractivity contribution in [3.63, 3.8) is 0 Å². The molecule has 6 atom stereocenters. The molecule has 0 bridgehead atoms. The molecule has 0 radical (unpaired) electrons. The van der Waals surface area contributed by atoms with Crippen molar-refractivity contribution in [2.24, 2.45) is 22.9 Å². The van der Waals surface area contributed by atoms with E-state index < -0.39 is 23.8 Å². The largest absolute Gasteiger partial charge is 0.489 e. The molecule has 6 unspecified atom stereocenters. The Hall–Kier alpha value is -4.75. The fourth-order valence-corrected chi connectivity index (χ4v) is 9.28. The van der Waals surface area contributed by atoms with E-state index >= 15 is 0 Å². The van der Waals surface area contributed by atoms with Crippen LogP contribution in [0.25, 0.3) is 0 Å². The van der Waals surface area contributed by atoms with E-state index in [4.69, 9.17) is 28.5 Å². The normalized spacial score (nSPS) is 23.4. The number of unbranched alkanes of at least 4 members (excludes halogenated alkanes) is 2. The van der Waals surface area contributed by atoms with Crippen molar-refractivity contribution in [1.29, 1.82) is 0 Å². The summed E-state index contributed by atoms with van der Waals surface area (Å²) < 4.78 is 47.0. The van der Waals surface area contributed by atoms with Crippen LogP contribution < -0.4 is 9.47 Å². The fraction of sp³-hybridized carbons (Fsp3) is 0.500. The SMILES string of the molecule is C=CCOC12Oc3ccc(OCc4ccccc4F)cc3C3C(CCCCO)C(CCCCO)C=C(C(=NOC)CC1N(CCC)C(=O)OCCOCc1ccccc1)C32. The minimum absolute atomic E-state index is 0.0380. The first-order valence-electron chi connectivity index (χ1n) is 21.4. The van der Waals surface area contributed by atoms with Gasteiger partial charge in [-0.25, -0.2) is 9.18 Å².